The number of nitrogens with two attached hydrogens (primary N) is 1. The van der Waals surface area contributed by atoms with Gasteiger partial charge in [-0.25, -0.2) is 9.97 Å². The lowest BCUT2D eigenvalue weighted by molar-refractivity contribution is -0.275. The molecule has 1 saturated heterocycles. The first-order valence-corrected chi connectivity index (χ1v) is 11.1. The molecule has 36 heavy (non-hydrogen) atoms. The molecule has 0 unspecified atom stereocenters. The second-order valence-electron chi connectivity index (χ2n) is 8.24. The third-order valence-electron chi connectivity index (χ3n) is 5.73. The second kappa shape index (κ2) is 10.3. The molecule has 0 atom stereocenters. The fourth-order valence-corrected chi connectivity index (χ4v) is 3.91. The summed E-state index contributed by atoms with van der Waals surface area (Å²) in [5.41, 5.74) is 6.95. The summed E-state index contributed by atoms with van der Waals surface area (Å²) in [5, 5.41) is 0. The van der Waals surface area contributed by atoms with E-state index in [0.717, 1.165) is 12.1 Å². The van der Waals surface area contributed by atoms with E-state index in [2.05, 4.69) is 14.7 Å². The van der Waals surface area contributed by atoms with Gasteiger partial charge in [-0.2, -0.15) is 13.2 Å². The fraction of sp³-hybridized carbons (Fsp3) is 0.333. The molecule has 2 N–H and O–H groups in total. The minimum absolute atomic E-state index is 0.124. The number of aromatic nitrogens is 2. The van der Waals surface area contributed by atoms with Crippen LogP contribution in [0, 0.1) is 0 Å². The van der Waals surface area contributed by atoms with E-state index < -0.39 is 18.1 Å². The minimum Gasteiger partial charge on any atom is -0.405 e. The lowest BCUT2D eigenvalue weighted by Crippen LogP contribution is -2.46. The number of hydrogen-bond donors (Lipinski definition) is 1. The highest BCUT2D eigenvalue weighted by Gasteiger charge is 2.32. The van der Waals surface area contributed by atoms with Gasteiger partial charge in [0.1, 0.15) is 5.75 Å². The van der Waals surface area contributed by atoms with Crippen LogP contribution in [0.1, 0.15) is 16.8 Å². The molecule has 0 aliphatic carbocycles. The number of nitrogens with zero attached hydrogens (tertiary/aromatic N) is 4. The summed E-state index contributed by atoms with van der Waals surface area (Å²) in [5.74, 6) is 0.167. The van der Waals surface area contributed by atoms with Crippen LogP contribution in [0.2, 0.25) is 0 Å². The quantitative estimate of drug-likeness (QED) is 0.478. The van der Waals surface area contributed by atoms with Gasteiger partial charge in [0.05, 0.1) is 17.0 Å². The minimum atomic E-state index is -4.77. The van der Waals surface area contributed by atoms with Crippen LogP contribution >= 0.6 is 0 Å². The standard InChI is InChI=1S/C24H23F6N5O/c25-23(26,27)18-7-5-16(6-8-18)20-13-19(14-31)32-22(33-20)35-11-9-34(10-12-35)15-17-3-1-2-4-21(17)36-24(28,29)30/h1-8,13H,9-12,14-15,31H2. The van der Waals surface area contributed by atoms with Crippen LogP contribution in [-0.4, -0.2) is 47.4 Å². The van der Waals surface area contributed by atoms with Gasteiger partial charge in [-0.05, 0) is 24.3 Å². The molecule has 3 aromatic rings. The Kier molecular flexibility index (Phi) is 7.36. The predicted molar refractivity (Wildman–Crippen MR) is 121 cm³/mol. The Hall–Kier alpha value is -3.38. The molecular formula is C24H23F6N5O. The summed E-state index contributed by atoms with van der Waals surface area (Å²) in [6.45, 7) is 2.48. The molecule has 1 aliphatic rings. The van der Waals surface area contributed by atoms with Crippen molar-refractivity contribution in [1.29, 1.82) is 0 Å². The van der Waals surface area contributed by atoms with Gasteiger partial charge in [0, 0.05) is 50.4 Å². The molecule has 1 fully saturated rings. The number of hydrogen-bond acceptors (Lipinski definition) is 6. The Balaban J connectivity index is 1.46. The Morgan fingerprint density at radius 3 is 2.14 bits per heavy atom. The number of halogens is 6. The molecule has 6 nitrogen and oxygen atoms in total. The lowest BCUT2D eigenvalue weighted by Gasteiger charge is -2.35. The summed E-state index contributed by atoms with van der Waals surface area (Å²) < 4.78 is 81.0. The molecule has 1 aliphatic heterocycles. The van der Waals surface area contributed by atoms with Crippen molar-refractivity contribution in [2.45, 2.75) is 25.6 Å². The van der Waals surface area contributed by atoms with Gasteiger partial charge in [0.25, 0.3) is 0 Å². The van der Waals surface area contributed by atoms with Crippen molar-refractivity contribution in [2.24, 2.45) is 5.73 Å². The van der Waals surface area contributed by atoms with Gasteiger partial charge >= 0.3 is 12.5 Å². The van der Waals surface area contributed by atoms with Gasteiger partial charge in [0.2, 0.25) is 5.95 Å². The maximum absolute atomic E-state index is 12.9. The largest absolute Gasteiger partial charge is 0.573 e. The number of rotatable bonds is 6. The van der Waals surface area contributed by atoms with Crippen molar-refractivity contribution in [3.8, 4) is 17.0 Å². The Morgan fingerprint density at radius 2 is 1.53 bits per heavy atom. The van der Waals surface area contributed by atoms with E-state index >= 15 is 0 Å². The first kappa shape index (κ1) is 25.7. The number of benzene rings is 2. The Bertz CT molecular complexity index is 1170. The van der Waals surface area contributed by atoms with Crippen molar-refractivity contribution in [2.75, 3.05) is 31.1 Å². The zero-order valence-electron chi connectivity index (χ0n) is 19.0. The zero-order chi connectivity index (χ0) is 25.9. The number of para-hydroxylation sites is 1. The molecular weight excluding hydrogens is 488 g/mol. The summed E-state index contributed by atoms with van der Waals surface area (Å²) in [7, 11) is 0. The summed E-state index contributed by atoms with van der Waals surface area (Å²) in [6, 6.07) is 12.4. The van der Waals surface area contributed by atoms with Gasteiger partial charge in [-0.15, -0.1) is 13.2 Å². The highest BCUT2D eigenvalue weighted by atomic mass is 19.4. The number of ether oxygens (including phenoxy) is 1. The van der Waals surface area contributed by atoms with Crippen molar-refractivity contribution in [3.05, 3.63) is 71.4 Å². The molecule has 1 aromatic heterocycles. The van der Waals surface area contributed by atoms with Gasteiger partial charge < -0.3 is 15.4 Å². The van der Waals surface area contributed by atoms with E-state index in [1.807, 2.05) is 9.80 Å². The van der Waals surface area contributed by atoms with Crippen molar-refractivity contribution < 1.29 is 31.1 Å². The van der Waals surface area contributed by atoms with Crippen molar-refractivity contribution >= 4 is 5.95 Å². The normalized spacial score (nSPS) is 15.2. The molecule has 0 bridgehead atoms. The first-order valence-electron chi connectivity index (χ1n) is 11.1. The Labute approximate surface area is 203 Å². The number of piperazine rings is 1. The average molecular weight is 511 g/mol. The maximum Gasteiger partial charge on any atom is 0.573 e. The monoisotopic (exact) mass is 511 g/mol. The number of alkyl halides is 6. The molecule has 2 heterocycles. The number of anilines is 1. The predicted octanol–water partition coefficient (Wildman–Crippen LogP) is 4.84. The zero-order valence-corrected chi connectivity index (χ0v) is 19.0. The second-order valence-corrected chi connectivity index (χ2v) is 8.24. The van der Waals surface area contributed by atoms with E-state index in [1.54, 1.807) is 18.2 Å². The summed E-state index contributed by atoms with van der Waals surface area (Å²) in [6.07, 6.45) is -9.21. The van der Waals surface area contributed by atoms with Gasteiger partial charge in [0.15, 0.2) is 0 Å². The average Bonchev–Trinajstić information content (AvgIpc) is 2.84. The third kappa shape index (κ3) is 6.43. The topological polar surface area (TPSA) is 67.5 Å². The Morgan fingerprint density at radius 1 is 0.861 bits per heavy atom. The summed E-state index contributed by atoms with van der Waals surface area (Å²) in [4.78, 5) is 12.9. The molecule has 12 heteroatoms. The van der Waals surface area contributed by atoms with E-state index in [-0.39, 0.29) is 18.8 Å². The van der Waals surface area contributed by atoms with Crippen LogP contribution in [0.15, 0.2) is 54.6 Å². The van der Waals surface area contributed by atoms with Crippen LogP contribution in [-0.2, 0) is 19.3 Å². The maximum atomic E-state index is 12.9. The molecule has 2 aromatic carbocycles. The SMILES string of the molecule is NCc1cc(-c2ccc(C(F)(F)F)cc2)nc(N2CCN(Cc3ccccc3OC(F)(F)F)CC2)n1. The highest BCUT2D eigenvalue weighted by molar-refractivity contribution is 5.61. The fourth-order valence-electron chi connectivity index (χ4n) is 3.91. The van der Waals surface area contributed by atoms with E-state index in [9.17, 15) is 26.3 Å². The van der Waals surface area contributed by atoms with Crippen LogP contribution in [0.25, 0.3) is 11.3 Å². The van der Waals surface area contributed by atoms with Crippen LogP contribution < -0.4 is 15.4 Å². The van der Waals surface area contributed by atoms with E-state index in [4.69, 9.17) is 5.73 Å². The molecule has 0 radical (unpaired) electrons. The van der Waals surface area contributed by atoms with Crippen molar-refractivity contribution in [1.82, 2.24) is 14.9 Å². The summed E-state index contributed by atoms with van der Waals surface area (Å²) >= 11 is 0. The van der Waals surface area contributed by atoms with Crippen molar-refractivity contribution in [3.63, 3.8) is 0 Å². The third-order valence-corrected chi connectivity index (χ3v) is 5.73. The highest BCUT2D eigenvalue weighted by Crippen LogP contribution is 2.31. The van der Waals surface area contributed by atoms with E-state index in [1.165, 1.54) is 24.3 Å². The molecule has 0 saturated carbocycles. The van der Waals surface area contributed by atoms with Crippen LogP contribution in [0.3, 0.4) is 0 Å². The molecule has 0 amide bonds. The molecule has 0 spiro atoms. The van der Waals surface area contributed by atoms with E-state index in [0.29, 0.717) is 54.6 Å². The smallest absolute Gasteiger partial charge is 0.405 e. The lowest BCUT2D eigenvalue weighted by atomic mass is 10.1. The van der Waals surface area contributed by atoms with Crippen LogP contribution in [0.4, 0.5) is 32.3 Å². The van der Waals surface area contributed by atoms with Crippen LogP contribution in [0.5, 0.6) is 5.75 Å². The molecule has 4 rings (SSSR count). The first-order chi connectivity index (χ1) is 17.0. The van der Waals surface area contributed by atoms with Gasteiger partial charge in [-0.3, -0.25) is 4.90 Å². The van der Waals surface area contributed by atoms with Gasteiger partial charge in [-0.1, -0.05) is 30.3 Å². The molecule has 192 valence electrons.